The van der Waals surface area contributed by atoms with Gasteiger partial charge in [-0.05, 0) is 19.2 Å². The second kappa shape index (κ2) is 9.12. The highest BCUT2D eigenvalue weighted by Gasteiger charge is 2.13. The number of amides is 1. The maximum Gasteiger partial charge on any atom is 0.228 e. The second-order valence-electron chi connectivity index (χ2n) is 4.11. The number of sulfone groups is 1. The van der Waals surface area contributed by atoms with Crippen LogP contribution in [0.5, 0.6) is 0 Å². The number of anilines is 1. The molecule has 0 fully saturated rings. The fraction of sp³-hybridized carbons (Fsp3) is 0.455. The average molecular weight is 344 g/mol. The lowest BCUT2D eigenvalue weighted by atomic mass is 10.1. The summed E-state index contributed by atoms with van der Waals surface area (Å²) in [5.41, 5.74) is 0.482. The van der Waals surface area contributed by atoms with Gasteiger partial charge in [0.15, 0.2) is 14.9 Å². The third-order valence-corrected chi connectivity index (χ3v) is 3.34. The molecule has 1 atom stereocenters. The van der Waals surface area contributed by atoms with Crippen LogP contribution in [-0.4, -0.2) is 39.2 Å². The topological polar surface area (TPSA) is 88.2 Å². The van der Waals surface area contributed by atoms with E-state index in [0.29, 0.717) is 12.2 Å². The van der Waals surface area contributed by atoms with Crippen molar-refractivity contribution in [3.8, 4) is 0 Å². The molecule has 9 heteroatoms. The first-order valence-corrected chi connectivity index (χ1v) is 7.35. The van der Waals surface area contributed by atoms with E-state index < -0.39 is 9.84 Å². The Balaban J connectivity index is 0. The Morgan fingerprint density at radius 2 is 1.95 bits per heavy atom. The molecule has 0 saturated carbocycles. The summed E-state index contributed by atoms with van der Waals surface area (Å²) in [5.74, 6) is -0.317. The molecular formula is C11H19Cl2N3O3S. The Morgan fingerprint density at radius 1 is 1.35 bits per heavy atom. The summed E-state index contributed by atoms with van der Waals surface area (Å²) in [6, 6.07) is 2.89. The summed E-state index contributed by atoms with van der Waals surface area (Å²) in [4.78, 5) is 15.5. The number of nitrogens with zero attached hydrogens (tertiary/aromatic N) is 1. The van der Waals surface area contributed by atoms with Crippen LogP contribution in [0.4, 0.5) is 5.69 Å². The van der Waals surface area contributed by atoms with Crippen LogP contribution >= 0.6 is 24.8 Å². The van der Waals surface area contributed by atoms with Gasteiger partial charge >= 0.3 is 0 Å². The van der Waals surface area contributed by atoms with Crippen LogP contribution in [0.2, 0.25) is 0 Å². The van der Waals surface area contributed by atoms with E-state index in [-0.39, 0.29) is 41.7 Å². The normalized spacial score (nSPS) is 11.8. The summed E-state index contributed by atoms with van der Waals surface area (Å²) in [5, 5.41) is 5.57. The third kappa shape index (κ3) is 6.51. The van der Waals surface area contributed by atoms with E-state index in [4.69, 9.17) is 0 Å². The van der Waals surface area contributed by atoms with Gasteiger partial charge in [0.1, 0.15) is 0 Å². The smallest absolute Gasteiger partial charge is 0.228 e. The van der Waals surface area contributed by atoms with E-state index in [0.717, 1.165) is 6.26 Å². The van der Waals surface area contributed by atoms with Gasteiger partial charge in [-0.2, -0.15) is 0 Å². The zero-order valence-corrected chi connectivity index (χ0v) is 13.9. The highest BCUT2D eigenvalue weighted by atomic mass is 35.5. The van der Waals surface area contributed by atoms with E-state index in [1.807, 2.05) is 0 Å². The quantitative estimate of drug-likeness (QED) is 0.836. The number of hydrogen-bond acceptors (Lipinski definition) is 5. The van der Waals surface area contributed by atoms with Crippen molar-refractivity contribution >= 4 is 46.2 Å². The first-order valence-electron chi connectivity index (χ1n) is 5.46. The van der Waals surface area contributed by atoms with Gasteiger partial charge in [0, 0.05) is 18.7 Å². The van der Waals surface area contributed by atoms with Crippen molar-refractivity contribution in [1.29, 1.82) is 0 Å². The number of rotatable bonds is 5. The molecule has 0 aromatic carbocycles. The van der Waals surface area contributed by atoms with Gasteiger partial charge in [0.05, 0.1) is 11.9 Å². The van der Waals surface area contributed by atoms with Crippen molar-refractivity contribution in [2.45, 2.75) is 11.9 Å². The highest BCUT2D eigenvalue weighted by molar-refractivity contribution is 7.90. The second-order valence-corrected chi connectivity index (χ2v) is 6.07. The molecule has 1 heterocycles. The van der Waals surface area contributed by atoms with Crippen LogP contribution in [0.15, 0.2) is 23.4 Å². The van der Waals surface area contributed by atoms with E-state index in [1.54, 1.807) is 14.0 Å². The molecule has 0 aliphatic rings. The first-order chi connectivity index (χ1) is 8.34. The van der Waals surface area contributed by atoms with Crippen LogP contribution in [0.1, 0.15) is 6.92 Å². The van der Waals surface area contributed by atoms with Crippen molar-refractivity contribution in [3.63, 3.8) is 0 Å². The minimum atomic E-state index is -3.31. The van der Waals surface area contributed by atoms with E-state index >= 15 is 0 Å². The summed E-state index contributed by atoms with van der Waals surface area (Å²) in [6.07, 6.45) is 2.42. The van der Waals surface area contributed by atoms with E-state index in [1.165, 1.54) is 18.3 Å². The molecule has 0 bridgehead atoms. The van der Waals surface area contributed by atoms with Crippen molar-refractivity contribution in [2.75, 3.05) is 25.2 Å². The van der Waals surface area contributed by atoms with Crippen molar-refractivity contribution in [3.05, 3.63) is 18.3 Å². The Hall–Kier alpha value is -0.890. The number of pyridine rings is 1. The van der Waals surface area contributed by atoms with Crippen LogP contribution in [0.25, 0.3) is 0 Å². The maximum atomic E-state index is 11.7. The number of aromatic nitrogens is 1. The number of hydrogen-bond donors (Lipinski definition) is 2. The van der Waals surface area contributed by atoms with Gasteiger partial charge in [-0.25, -0.2) is 13.4 Å². The molecular weight excluding hydrogens is 325 g/mol. The van der Waals surface area contributed by atoms with Gasteiger partial charge in [0.25, 0.3) is 0 Å². The molecule has 2 N–H and O–H groups in total. The minimum absolute atomic E-state index is 0. The van der Waals surface area contributed by atoms with Crippen molar-refractivity contribution < 1.29 is 13.2 Å². The largest absolute Gasteiger partial charge is 0.324 e. The monoisotopic (exact) mass is 343 g/mol. The van der Waals surface area contributed by atoms with Gasteiger partial charge in [-0.3, -0.25) is 4.79 Å². The summed E-state index contributed by atoms with van der Waals surface area (Å²) < 4.78 is 22.4. The highest BCUT2D eigenvalue weighted by Crippen LogP contribution is 2.11. The molecule has 116 valence electrons. The van der Waals surface area contributed by atoms with Gasteiger partial charge in [-0.1, -0.05) is 6.92 Å². The van der Waals surface area contributed by atoms with Crippen LogP contribution in [0.3, 0.4) is 0 Å². The lowest BCUT2D eigenvalue weighted by Gasteiger charge is -2.11. The Morgan fingerprint density at radius 3 is 2.35 bits per heavy atom. The molecule has 1 rings (SSSR count). The fourth-order valence-corrected chi connectivity index (χ4v) is 1.90. The van der Waals surface area contributed by atoms with Crippen molar-refractivity contribution in [2.24, 2.45) is 5.92 Å². The third-order valence-electron chi connectivity index (χ3n) is 2.34. The molecule has 0 spiro atoms. The molecule has 0 aliphatic heterocycles. The standard InChI is InChI=1S/C11H17N3O3S.2ClH/c1-8(6-12-2)11(15)14-9-4-5-10(13-7-9)18(3,16)17;;/h4-5,7-8,12H,6H2,1-3H3,(H,14,15);2*1H. The zero-order valence-electron chi connectivity index (χ0n) is 11.4. The molecule has 1 unspecified atom stereocenters. The first kappa shape index (κ1) is 21.4. The van der Waals surface area contributed by atoms with E-state index in [2.05, 4.69) is 15.6 Å². The molecule has 0 saturated heterocycles. The molecule has 0 aliphatic carbocycles. The Labute approximate surface area is 131 Å². The lowest BCUT2D eigenvalue weighted by Crippen LogP contribution is -2.28. The number of halogens is 2. The number of carbonyl (C=O) groups is 1. The van der Waals surface area contributed by atoms with Crippen LogP contribution in [-0.2, 0) is 14.6 Å². The molecule has 20 heavy (non-hydrogen) atoms. The van der Waals surface area contributed by atoms with Gasteiger partial charge in [-0.15, -0.1) is 24.8 Å². The van der Waals surface area contributed by atoms with Gasteiger partial charge < -0.3 is 10.6 Å². The maximum absolute atomic E-state index is 11.7. The zero-order chi connectivity index (χ0) is 13.8. The summed E-state index contributed by atoms with van der Waals surface area (Å²) >= 11 is 0. The summed E-state index contributed by atoms with van der Waals surface area (Å²) in [7, 11) is -1.54. The number of nitrogens with one attached hydrogen (secondary N) is 2. The molecule has 0 radical (unpaired) electrons. The number of carbonyl (C=O) groups excluding carboxylic acids is 1. The molecule has 6 nitrogen and oxygen atoms in total. The molecule has 1 amide bonds. The lowest BCUT2D eigenvalue weighted by molar-refractivity contribution is -0.119. The SMILES string of the molecule is CNCC(C)C(=O)Nc1ccc(S(C)(=O)=O)nc1.Cl.Cl. The predicted octanol–water partition coefficient (Wildman–Crippen LogP) is 1.12. The minimum Gasteiger partial charge on any atom is -0.324 e. The Kier molecular flexibility index (Phi) is 9.76. The summed E-state index contributed by atoms with van der Waals surface area (Å²) in [6.45, 7) is 2.37. The average Bonchev–Trinajstić information content (AvgIpc) is 2.28. The van der Waals surface area contributed by atoms with Crippen LogP contribution in [0, 0.1) is 5.92 Å². The van der Waals surface area contributed by atoms with E-state index in [9.17, 15) is 13.2 Å². The van der Waals surface area contributed by atoms with Crippen LogP contribution < -0.4 is 10.6 Å². The predicted molar refractivity (Wildman–Crippen MR) is 83.6 cm³/mol. The van der Waals surface area contributed by atoms with Crippen molar-refractivity contribution in [1.82, 2.24) is 10.3 Å². The molecule has 1 aromatic heterocycles. The molecule has 1 aromatic rings. The fourth-order valence-electron chi connectivity index (χ4n) is 1.34. The Bertz CT molecular complexity index is 520. The van der Waals surface area contributed by atoms with Gasteiger partial charge in [0.2, 0.25) is 5.91 Å².